The van der Waals surface area contributed by atoms with Crippen LogP contribution in [0.2, 0.25) is 0 Å². The van der Waals surface area contributed by atoms with Crippen LogP contribution in [0.1, 0.15) is 18.7 Å². The smallest absolute Gasteiger partial charge is 0.422 e. The monoisotopic (exact) mass is 451 g/mol. The van der Waals surface area contributed by atoms with E-state index in [-0.39, 0.29) is 29.3 Å². The van der Waals surface area contributed by atoms with Crippen LogP contribution in [-0.2, 0) is 0 Å². The average Bonchev–Trinajstić information content (AvgIpc) is 3.24. The molecular formula is C20H21F4N7O. The molecule has 4 heterocycles. The molecule has 1 saturated heterocycles. The predicted octanol–water partition coefficient (Wildman–Crippen LogP) is 3.23. The number of anilines is 2. The van der Waals surface area contributed by atoms with Gasteiger partial charge in [0.15, 0.2) is 29.6 Å². The van der Waals surface area contributed by atoms with Crippen LogP contribution >= 0.6 is 0 Å². The van der Waals surface area contributed by atoms with Crippen LogP contribution in [0.5, 0.6) is 5.75 Å². The van der Waals surface area contributed by atoms with Crippen molar-refractivity contribution in [2.45, 2.75) is 32.0 Å². The zero-order chi connectivity index (χ0) is 22.5. The molecule has 1 saturated carbocycles. The highest BCUT2D eigenvalue weighted by molar-refractivity contribution is 5.56. The van der Waals surface area contributed by atoms with Gasteiger partial charge in [-0.25, -0.2) is 18.9 Å². The summed E-state index contributed by atoms with van der Waals surface area (Å²) in [5, 5.41) is 7.71. The van der Waals surface area contributed by atoms with Gasteiger partial charge in [-0.1, -0.05) is 0 Å². The summed E-state index contributed by atoms with van der Waals surface area (Å²) in [5.41, 5.74) is 0.211. The van der Waals surface area contributed by atoms with E-state index in [1.165, 1.54) is 16.8 Å². The number of hydrogen-bond acceptors (Lipinski definition) is 7. The lowest BCUT2D eigenvalue weighted by Crippen LogP contribution is -2.48. The standard InChI is InChI=1S/C20H21F4N7O/c1-11-25-7-14(21)17(26-11)30-8-12-4-5-13(9-30)16(12)27-19-28-18-15(32-10-20(22,23)24)3-2-6-31(18)29-19/h2-3,6-7,12-13,16H,4-5,8-10H2,1H3,(H,27,29)/t12-,13+,16-. The van der Waals surface area contributed by atoms with E-state index in [1.54, 1.807) is 19.2 Å². The second-order valence-corrected chi connectivity index (χ2v) is 8.24. The van der Waals surface area contributed by atoms with Crippen LogP contribution in [0.4, 0.5) is 29.3 Å². The maximum Gasteiger partial charge on any atom is 0.422 e. The Balaban J connectivity index is 1.32. The van der Waals surface area contributed by atoms with Gasteiger partial charge in [-0.05, 0) is 43.7 Å². The molecule has 1 aliphatic carbocycles. The lowest BCUT2D eigenvalue weighted by Gasteiger charge is -2.38. The predicted molar refractivity (Wildman–Crippen MR) is 107 cm³/mol. The first-order chi connectivity index (χ1) is 15.3. The number of nitrogens with one attached hydrogen (secondary N) is 1. The Morgan fingerprint density at radius 3 is 2.66 bits per heavy atom. The van der Waals surface area contributed by atoms with Crippen molar-refractivity contribution < 1.29 is 22.3 Å². The zero-order valence-electron chi connectivity index (χ0n) is 17.2. The molecular weight excluding hydrogens is 430 g/mol. The summed E-state index contributed by atoms with van der Waals surface area (Å²) in [4.78, 5) is 14.5. The van der Waals surface area contributed by atoms with Crippen LogP contribution in [0.15, 0.2) is 24.5 Å². The maximum atomic E-state index is 14.3. The number of aryl methyl sites for hydroxylation is 1. The molecule has 0 amide bonds. The second kappa shape index (κ2) is 7.75. The topological polar surface area (TPSA) is 80.5 Å². The summed E-state index contributed by atoms with van der Waals surface area (Å²) < 4.78 is 58.2. The summed E-state index contributed by atoms with van der Waals surface area (Å²) in [6, 6.07) is 3.06. The van der Waals surface area contributed by atoms with Crippen LogP contribution < -0.4 is 15.0 Å². The number of alkyl halides is 3. The van der Waals surface area contributed by atoms with Gasteiger partial charge in [-0.15, -0.1) is 5.10 Å². The molecule has 3 aromatic rings. The van der Waals surface area contributed by atoms with Gasteiger partial charge in [0.25, 0.3) is 0 Å². The van der Waals surface area contributed by atoms with Crippen molar-refractivity contribution in [2.24, 2.45) is 11.8 Å². The third-order valence-electron chi connectivity index (χ3n) is 5.99. The van der Waals surface area contributed by atoms with Crippen molar-refractivity contribution in [2.75, 3.05) is 29.9 Å². The number of piperidine rings is 1. The molecule has 12 heteroatoms. The lowest BCUT2D eigenvalue weighted by molar-refractivity contribution is -0.153. The van der Waals surface area contributed by atoms with Crippen molar-refractivity contribution in [3.05, 3.63) is 36.2 Å². The Bertz CT molecular complexity index is 1120. The van der Waals surface area contributed by atoms with E-state index in [2.05, 4.69) is 25.4 Å². The molecule has 170 valence electrons. The van der Waals surface area contributed by atoms with E-state index >= 15 is 0 Å². The fourth-order valence-corrected chi connectivity index (χ4v) is 4.66. The van der Waals surface area contributed by atoms with E-state index in [9.17, 15) is 17.6 Å². The van der Waals surface area contributed by atoms with Crippen molar-refractivity contribution in [1.82, 2.24) is 24.6 Å². The van der Waals surface area contributed by atoms with E-state index in [0.29, 0.717) is 30.7 Å². The highest BCUT2D eigenvalue weighted by Crippen LogP contribution is 2.40. The first-order valence-electron chi connectivity index (χ1n) is 10.3. The number of rotatable bonds is 5. The van der Waals surface area contributed by atoms with E-state index in [0.717, 1.165) is 12.8 Å². The summed E-state index contributed by atoms with van der Waals surface area (Å²) in [7, 11) is 0. The average molecular weight is 451 g/mol. The zero-order valence-corrected chi connectivity index (χ0v) is 17.2. The Hall–Kier alpha value is -3.18. The van der Waals surface area contributed by atoms with E-state index < -0.39 is 18.6 Å². The van der Waals surface area contributed by atoms with Crippen molar-refractivity contribution in [3.63, 3.8) is 0 Å². The van der Waals surface area contributed by atoms with Gasteiger partial charge in [0, 0.05) is 25.3 Å². The summed E-state index contributed by atoms with van der Waals surface area (Å²) in [6.45, 7) is 1.60. The summed E-state index contributed by atoms with van der Waals surface area (Å²) >= 11 is 0. The molecule has 5 rings (SSSR count). The molecule has 1 aliphatic heterocycles. The van der Waals surface area contributed by atoms with Gasteiger partial charge < -0.3 is 15.0 Å². The number of nitrogens with zero attached hydrogens (tertiary/aromatic N) is 6. The van der Waals surface area contributed by atoms with Crippen LogP contribution in [0, 0.1) is 24.6 Å². The van der Waals surface area contributed by atoms with Gasteiger partial charge >= 0.3 is 6.18 Å². The third kappa shape index (κ3) is 4.00. The molecule has 0 unspecified atom stereocenters. The number of pyridine rings is 1. The maximum absolute atomic E-state index is 14.3. The number of hydrogen-bond donors (Lipinski definition) is 1. The molecule has 8 nitrogen and oxygen atoms in total. The fraction of sp³-hybridized carbons (Fsp3) is 0.500. The molecule has 32 heavy (non-hydrogen) atoms. The van der Waals surface area contributed by atoms with Gasteiger partial charge in [-0.3, -0.25) is 0 Å². The second-order valence-electron chi connectivity index (χ2n) is 8.24. The van der Waals surface area contributed by atoms with Gasteiger partial charge in [0.1, 0.15) is 5.82 Å². The number of fused-ring (bicyclic) bond motifs is 3. The first kappa shape index (κ1) is 20.7. The molecule has 2 fully saturated rings. The molecule has 2 aliphatic rings. The molecule has 3 aromatic heterocycles. The van der Waals surface area contributed by atoms with Crippen LogP contribution in [0.25, 0.3) is 5.65 Å². The largest absolute Gasteiger partial charge is 0.480 e. The molecule has 0 spiro atoms. The Morgan fingerprint density at radius 1 is 1.19 bits per heavy atom. The Kier molecular flexibility index (Phi) is 5.01. The molecule has 0 aromatic carbocycles. The van der Waals surface area contributed by atoms with Crippen molar-refractivity contribution in [3.8, 4) is 5.75 Å². The number of halogens is 4. The highest BCUT2D eigenvalue weighted by atomic mass is 19.4. The Morgan fingerprint density at radius 2 is 1.94 bits per heavy atom. The fourth-order valence-electron chi connectivity index (χ4n) is 4.66. The molecule has 1 N–H and O–H groups in total. The van der Waals surface area contributed by atoms with Crippen LogP contribution in [0.3, 0.4) is 0 Å². The minimum atomic E-state index is -4.44. The quantitative estimate of drug-likeness (QED) is 0.597. The minimum absolute atomic E-state index is 0.0118. The summed E-state index contributed by atoms with van der Waals surface area (Å²) in [6.07, 6.45) is 0.298. The van der Waals surface area contributed by atoms with E-state index in [4.69, 9.17) is 4.74 Å². The molecule has 3 atom stereocenters. The van der Waals surface area contributed by atoms with Gasteiger partial charge in [0.2, 0.25) is 5.95 Å². The SMILES string of the molecule is Cc1ncc(F)c(N2C[C@H]3CC[C@@H](C2)[C@@H]3Nc2nc3c(OCC(F)(F)F)cccn3n2)n1. The first-order valence-corrected chi connectivity index (χ1v) is 10.3. The van der Waals surface area contributed by atoms with Gasteiger partial charge in [0.05, 0.1) is 6.20 Å². The number of ether oxygens (including phenoxy) is 1. The van der Waals surface area contributed by atoms with E-state index in [1.807, 2.05) is 4.90 Å². The minimum Gasteiger partial charge on any atom is -0.480 e. The normalized spacial score (nSPS) is 23.0. The molecule has 0 radical (unpaired) electrons. The molecule has 2 bridgehead atoms. The van der Waals surface area contributed by atoms with Crippen molar-refractivity contribution >= 4 is 17.4 Å². The Labute approximate surface area is 180 Å². The van der Waals surface area contributed by atoms with Crippen LogP contribution in [-0.4, -0.2) is 56.5 Å². The van der Waals surface area contributed by atoms with Gasteiger partial charge in [-0.2, -0.15) is 18.2 Å². The number of aromatic nitrogens is 5. The third-order valence-corrected chi connectivity index (χ3v) is 5.99. The lowest BCUT2D eigenvalue weighted by atomic mass is 9.92. The van der Waals surface area contributed by atoms with Crippen molar-refractivity contribution in [1.29, 1.82) is 0 Å². The highest BCUT2D eigenvalue weighted by Gasteiger charge is 2.43. The summed E-state index contributed by atoms with van der Waals surface area (Å²) in [5.74, 6) is 1.21.